The monoisotopic (exact) mass is 345 g/mol. The minimum atomic E-state index is -0.803. The van der Waals surface area contributed by atoms with Gasteiger partial charge >= 0.3 is 0 Å². The summed E-state index contributed by atoms with van der Waals surface area (Å²) < 4.78 is 24.1. The van der Waals surface area contributed by atoms with Crippen molar-refractivity contribution in [2.45, 2.75) is 0 Å². The number of benzene rings is 2. The first kappa shape index (κ1) is 15.8. The van der Waals surface area contributed by atoms with Gasteiger partial charge in [0.15, 0.2) is 11.5 Å². The number of amides is 1. The minimum absolute atomic E-state index is 0.112. The third kappa shape index (κ3) is 3.14. The Labute approximate surface area is 141 Å². The summed E-state index contributed by atoms with van der Waals surface area (Å²) >= 11 is 6.07. The molecule has 2 aromatic carbocycles. The van der Waals surface area contributed by atoms with Crippen molar-refractivity contribution >= 4 is 23.7 Å². The lowest BCUT2D eigenvalue weighted by molar-refractivity contribution is 0.0951. The number of nitrogens with one attached hydrogen (secondary N) is 1. The highest BCUT2D eigenvalue weighted by Crippen LogP contribution is 2.36. The van der Waals surface area contributed by atoms with Crippen LogP contribution in [0.3, 0.4) is 0 Å². The summed E-state index contributed by atoms with van der Waals surface area (Å²) in [6, 6.07) is 8.52. The molecule has 0 bridgehead atoms. The van der Waals surface area contributed by atoms with Crippen molar-refractivity contribution in [3.8, 4) is 17.6 Å². The fourth-order valence-electron chi connectivity index (χ4n) is 2.02. The van der Waals surface area contributed by atoms with Gasteiger partial charge in [-0.3, -0.25) is 4.79 Å². The Hall–Kier alpha value is -3.11. The first-order valence-electron chi connectivity index (χ1n) is 6.70. The Morgan fingerprint density at radius 2 is 2.08 bits per heavy atom. The summed E-state index contributed by atoms with van der Waals surface area (Å²) in [5, 5.41) is 12.8. The number of nitriles is 1. The van der Waals surface area contributed by atoms with Crippen LogP contribution in [0.1, 0.15) is 21.5 Å². The van der Waals surface area contributed by atoms with Gasteiger partial charge in [0.05, 0.1) is 28.4 Å². The van der Waals surface area contributed by atoms with E-state index in [9.17, 15) is 9.18 Å². The van der Waals surface area contributed by atoms with Gasteiger partial charge in [-0.1, -0.05) is 11.6 Å². The second kappa shape index (κ2) is 6.56. The van der Waals surface area contributed by atoms with Crippen LogP contribution in [0.25, 0.3) is 0 Å². The van der Waals surface area contributed by atoms with Crippen LogP contribution in [-0.4, -0.2) is 18.9 Å². The zero-order valence-electron chi connectivity index (χ0n) is 12.0. The number of rotatable bonds is 3. The van der Waals surface area contributed by atoms with Crippen molar-refractivity contribution in [3.05, 3.63) is 57.9 Å². The third-order valence-corrected chi connectivity index (χ3v) is 3.53. The molecule has 1 amide bonds. The number of carbonyl (C=O) groups is 1. The average molecular weight is 346 g/mol. The quantitative estimate of drug-likeness (QED) is 0.685. The zero-order valence-corrected chi connectivity index (χ0v) is 12.8. The summed E-state index contributed by atoms with van der Waals surface area (Å²) in [6.45, 7) is 0.112. The van der Waals surface area contributed by atoms with Gasteiger partial charge in [-0.2, -0.15) is 10.4 Å². The molecule has 3 rings (SSSR count). The van der Waals surface area contributed by atoms with Gasteiger partial charge in [0.2, 0.25) is 6.79 Å². The van der Waals surface area contributed by atoms with Crippen LogP contribution in [0.15, 0.2) is 35.4 Å². The van der Waals surface area contributed by atoms with Gasteiger partial charge in [-0.15, -0.1) is 0 Å². The number of hydrogen-bond donors (Lipinski definition) is 1. The lowest BCUT2D eigenvalue weighted by atomic mass is 10.1. The van der Waals surface area contributed by atoms with Crippen LogP contribution in [-0.2, 0) is 0 Å². The molecule has 1 aliphatic heterocycles. The van der Waals surface area contributed by atoms with E-state index >= 15 is 0 Å². The van der Waals surface area contributed by atoms with Crippen LogP contribution < -0.4 is 14.9 Å². The van der Waals surface area contributed by atoms with Crippen molar-refractivity contribution in [1.82, 2.24) is 5.43 Å². The summed E-state index contributed by atoms with van der Waals surface area (Å²) in [5.41, 5.74) is 2.60. The topological polar surface area (TPSA) is 83.7 Å². The van der Waals surface area contributed by atoms with Crippen molar-refractivity contribution in [1.29, 1.82) is 5.26 Å². The Morgan fingerprint density at radius 3 is 2.79 bits per heavy atom. The molecular weight excluding hydrogens is 337 g/mol. The van der Waals surface area contributed by atoms with E-state index in [4.69, 9.17) is 26.3 Å². The molecule has 0 unspecified atom stereocenters. The van der Waals surface area contributed by atoms with Gasteiger partial charge < -0.3 is 9.47 Å². The number of fused-ring (bicyclic) bond motifs is 1. The molecule has 0 saturated heterocycles. The smallest absolute Gasteiger partial charge is 0.274 e. The van der Waals surface area contributed by atoms with Crippen LogP contribution in [0.4, 0.5) is 4.39 Å². The highest BCUT2D eigenvalue weighted by molar-refractivity contribution is 6.33. The first-order valence-corrected chi connectivity index (χ1v) is 7.08. The number of ether oxygens (including phenoxy) is 2. The molecular formula is C16H9ClFN3O3. The summed E-state index contributed by atoms with van der Waals surface area (Å²) in [4.78, 5) is 11.9. The largest absolute Gasteiger partial charge is 0.454 e. The second-order valence-corrected chi connectivity index (χ2v) is 5.14. The number of hydrazone groups is 1. The van der Waals surface area contributed by atoms with E-state index in [0.717, 1.165) is 6.07 Å². The van der Waals surface area contributed by atoms with Crippen LogP contribution in [0.5, 0.6) is 11.5 Å². The maximum atomic E-state index is 13.7. The molecule has 0 atom stereocenters. The first-order chi connectivity index (χ1) is 11.6. The zero-order chi connectivity index (χ0) is 17.1. The van der Waals surface area contributed by atoms with E-state index in [1.807, 2.05) is 0 Å². The molecule has 1 aliphatic rings. The van der Waals surface area contributed by atoms with Gasteiger partial charge in [0, 0.05) is 11.6 Å². The van der Waals surface area contributed by atoms with Crippen molar-refractivity contribution in [2.24, 2.45) is 5.10 Å². The molecule has 0 saturated carbocycles. The SMILES string of the molecule is N#Cc1ccc(C(=O)N/N=C\c2cc3c(cc2Cl)OCO3)c(F)c1. The molecule has 24 heavy (non-hydrogen) atoms. The van der Waals surface area contributed by atoms with Gasteiger partial charge in [-0.25, -0.2) is 9.82 Å². The molecule has 120 valence electrons. The van der Waals surface area contributed by atoms with E-state index in [1.165, 1.54) is 18.3 Å². The van der Waals surface area contributed by atoms with Gasteiger partial charge in [0.25, 0.3) is 5.91 Å². The molecule has 2 aromatic rings. The molecule has 0 aromatic heterocycles. The number of hydrogen-bond acceptors (Lipinski definition) is 5. The highest BCUT2D eigenvalue weighted by Gasteiger charge is 2.16. The maximum Gasteiger partial charge on any atom is 0.274 e. The Morgan fingerprint density at radius 1 is 1.33 bits per heavy atom. The maximum absolute atomic E-state index is 13.7. The van der Waals surface area contributed by atoms with Crippen molar-refractivity contribution < 1.29 is 18.7 Å². The lowest BCUT2D eigenvalue weighted by Crippen LogP contribution is -2.19. The Bertz CT molecular complexity index is 893. The second-order valence-electron chi connectivity index (χ2n) is 4.73. The highest BCUT2D eigenvalue weighted by atomic mass is 35.5. The molecule has 0 spiro atoms. The van der Waals surface area contributed by atoms with Crippen LogP contribution in [0.2, 0.25) is 5.02 Å². The predicted molar refractivity (Wildman–Crippen MR) is 83.8 cm³/mol. The standard InChI is InChI=1S/C16H9ClFN3O3/c17-12-5-15-14(23-8-24-15)4-10(12)7-20-21-16(22)11-2-1-9(6-19)3-13(11)18/h1-5,7H,8H2,(H,21,22)/b20-7-. The molecule has 1 N–H and O–H groups in total. The van der Waals surface area contributed by atoms with E-state index in [0.29, 0.717) is 22.1 Å². The third-order valence-electron chi connectivity index (χ3n) is 3.20. The average Bonchev–Trinajstić information content (AvgIpc) is 3.01. The summed E-state index contributed by atoms with van der Waals surface area (Å²) in [7, 11) is 0. The molecule has 0 radical (unpaired) electrons. The summed E-state index contributed by atoms with van der Waals surface area (Å²) in [6.07, 6.45) is 1.31. The van der Waals surface area contributed by atoms with E-state index in [-0.39, 0.29) is 17.9 Å². The van der Waals surface area contributed by atoms with E-state index in [2.05, 4.69) is 10.5 Å². The number of nitrogens with zero attached hydrogens (tertiary/aromatic N) is 2. The van der Waals surface area contributed by atoms with Gasteiger partial charge in [-0.05, 0) is 24.3 Å². The summed E-state index contributed by atoms with van der Waals surface area (Å²) in [5.74, 6) is -0.501. The fraction of sp³-hybridized carbons (Fsp3) is 0.0625. The molecule has 8 heteroatoms. The lowest BCUT2D eigenvalue weighted by Gasteiger charge is -2.03. The number of carbonyl (C=O) groups excluding carboxylic acids is 1. The molecule has 0 aliphatic carbocycles. The predicted octanol–water partition coefficient (Wildman–Crippen LogP) is 2.84. The van der Waals surface area contributed by atoms with Crippen LogP contribution >= 0.6 is 11.6 Å². The fourth-order valence-corrected chi connectivity index (χ4v) is 2.22. The normalized spacial score (nSPS) is 12.2. The van der Waals surface area contributed by atoms with E-state index < -0.39 is 11.7 Å². The molecule has 1 heterocycles. The Balaban J connectivity index is 1.73. The number of halogens is 2. The van der Waals surface area contributed by atoms with Crippen LogP contribution in [0, 0.1) is 17.1 Å². The van der Waals surface area contributed by atoms with E-state index in [1.54, 1.807) is 18.2 Å². The molecule has 6 nitrogen and oxygen atoms in total. The van der Waals surface area contributed by atoms with Crippen molar-refractivity contribution in [3.63, 3.8) is 0 Å². The van der Waals surface area contributed by atoms with Gasteiger partial charge in [0.1, 0.15) is 5.82 Å². The van der Waals surface area contributed by atoms with Crippen molar-refractivity contribution in [2.75, 3.05) is 6.79 Å². The minimum Gasteiger partial charge on any atom is -0.454 e. The Kier molecular flexibility index (Phi) is 4.31. The molecule has 0 fully saturated rings.